The van der Waals surface area contributed by atoms with E-state index in [2.05, 4.69) is 12.0 Å². The summed E-state index contributed by atoms with van der Waals surface area (Å²) in [6.07, 6.45) is 5.76. The van der Waals surface area contributed by atoms with E-state index < -0.39 is 5.97 Å². The summed E-state index contributed by atoms with van der Waals surface area (Å²) in [7, 11) is 0. The van der Waals surface area contributed by atoms with Crippen LogP contribution in [-0.2, 0) is 9.53 Å². The van der Waals surface area contributed by atoms with Crippen molar-refractivity contribution < 1.29 is 14.3 Å². The Bertz CT molecular complexity index is 888. The highest BCUT2D eigenvalue weighted by atomic mass is 16.5. The van der Waals surface area contributed by atoms with Crippen LogP contribution in [0.5, 0.6) is 0 Å². The molecule has 1 fully saturated rings. The van der Waals surface area contributed by atoms with Gasteiger partial charge in [-0.1, -0.05) is 20.8 Å². The molecule has 3 heterocycles. The van der Waals surface area contributed by atoms with Gasteiger partial charge in [0.1, 0.15) is 0 Å². The fourth-order valence-corrected chi connectivity index (χ4v) is 3.92. The quantitative estimate of drug-likeness (QED) is 0.683. The van der Waals surface area contributed by atoms with Gasteiger partial charge < -0.3 is 9.64 Å². The van der Waals surface area contributed by atoms with Crippen molar-refractivity contribution in [3.63, 3.8) is 0 Å². The van der Waals surface area contributed by atoms with Gasteiger partial charge in [-0.05, 0) is 51.5 Å². The van der Waals surface area contributed by atoms with Crippen LogP contribution in [0, 0.1) is 0 Å². The normalized spacial score (nSPS) is 17.3. The molecule has 0 bridgehead atoms. The summed E-state index contributed by atoms with van der Waals surface area (Å²) < 4.78 is 7.26. The van der Waals surface area contributed by atoms with Crippen LogP contribution in [-0.4, -0.2) is 50.7 Å². The fraction of sp³-hybridized carbons (Fsp3) is 0.636. The Morgan fingerprint density at radius 3 is 2.66 bits per heavy atom. The summed E-state index contributed by atoms with van der Waals surface area (Å²) >= 11 is 0. The highest BCUT2D eigenvalue weighted by Gasteiger charge is 2.27. The standard InChI is InChI=1S/C22H32N4O3/c1-6-16-9-7-8-10-25(16)20(27)13-29-22(28)17-11-19(14(2)3)24-21-18(17)12-23-26(21)15(4)5/h11-12,14-16H,6-10,13H2,1-5H3. The van der Waals surface area contributed by atoms with Crippen LogP contribution in [0.3, 0.4) is 0 Å². The molecule has 2 aromatic rings. The van der Waals surface area contributed by atoms with Crippen molar-refractivity contribution >= 4 is 22.9 Å². The lowest BCUT2D eigenvalue weighted by molar-refractivity contribution is -0.138. The van der Waals surface area contributed by atoms with Crippen LogP contribution in [0.15, 0.2) is 12.3 Å². The largest absolute Gasteiger partial charge is 0.452 e. The first-order valence-corrected chi connectivity index (χ1v) is 10.7. The number of hydrogen-bond acceptors (Lipinski definition) is 5. The van der Waals surface area contributed by atoms with Crippen molar-refractivity contribution in [2.45, 2.75) is 78.3 Å². The number of fused-ring (bicyclic) bond motifs is 1. The molecule has 0 radical (unpaired) electrons. The number of hydrogen-bond donors (Lipinski definition) is 0. The van der Waals surface area contributed by atoms with Crippen molar-refractivity contribution in [3.8, 4) is 0 Å². The van der Waals surface area contributed by atoms with Crippen molar-refractivity contribution in [3.05, 3.63) is 23.5 Å². The van der Waals surface area contributed by atoms with Crippen LogP contribution in [0.25, 0.3) is 11.0 Å². The van der Waals surface area contributed by atoms with Gasteiger partial charge in [-0.2, -0.15) is 5.10 Å². The van der Waals surface area contributed by atoms with Gasteiger partial charge in [0.05, 0.1) is 17.1 Å². The molecule has 0 aliphatic carbocycles. The van der Waals surface area contributed by atoms with Gasteiger partial charge in [0.25, 0.3) is 5.91 Å². The lowest BCUT2D eigenvalue weighted by atomic mass is 10.00. The number of pyridine rings is 1. The molecule has 1 atom stereocenters. The zero-order valence-electron chi connectivity index (χ0n) is 18.1. The zero-order chi connectivity index (χ0) is 21.1. The van der Waals surface area contributed by atoms with Crippen LogP contribution in [0.2, 0.25) is 0 Å². The second-order valence-electron chi connectivity index (χ2n) is 8.39. The summed E-state index contributed by atoms with van der Waals surface area (Å²) in [5.74, 6) is -0.458. The molecule has 2 aromatic heterocycles. The molecule has 1 unspecified atom stereocenters. The predicted molar refractivity (Wildman–Crippen MR) is 112 cm³/mol. The molecular weight excluding hydrogens is 368 g/mol. The van der Waals surface area contributed by atoms with Gasteiger partial charge in [-0.25, -0.2) is 14.5 Å². The van der Waals surface area contributed by atoms with Crippen molar-refractivity contribution in [2.24, 2.45) is 0 Å². The summed E-state index contributed by atoms with van der Waals surface area (Å²) in [5, 5.41) is 5.06. The molecular formula is C22H32N4O3. The van der Waals surface area contributed by atoms with E-state index in [9.17, 15) is 9.59 Å². The Labute approximate surface area is 172 Å². The van der Waals surface area contributed by atoms with Crippen molar-refractivity contribution in [2.75, 3.05) is 13.2 Å². The molecule has 0 N–H and O–H groups in total. The molecule has 0 aromatic carbocycles. The number of piperidine rings is 1. The lowest BCUT2D eigenvalue weighted by Gasteiger charge is -2.35. The van der Waals surface area contributed by atoms with E-state index in [4.69, 9.17) is 9.72 Å². The van der Waals surface area contributed by atoms with Crippen molar-refractivity contribution in [1.82, 2.24) is 19.7 Å². The number of nitrogens with zero attached hydrogens (tertiary/aromatic N) is 4. The average molecular weight is 401 g/mol. The van der Waals surface area contributed by atoms with E-state index in [1.165, 1.54) is 0 Å². The molecule has 0 spiro atoms. The monoisotopic (exact) mass is 400 g/mol. The number of esters is 1. The Kier molecular flexibility index (Phi) is 6.55. The van der Waals surface area contributed by atoms with E-state index in [0.717, 1.165) is 37.9 Å². The van der Waals surface area contributed by atoms with Crippen LogP contribution < -0.4 is 0 Å². The Morgan fingerprint density at radius 2 is 2.00 bits per heavy atom. The van der Waals surface area contributed by atoms with E-state index >= 15 is 0 Å². The SMILES string of the molecule is CCC1CCCCN1C(=O)COC(=O)c1cc(C(C)C)nc2c1cnn2C(C)C. The molecule has 7 nitrogen and oxygen atoms in total. The summed E-state index contributed by atoms with van der Waals surface area (Å²) in [6, 6.07) is 2.14. The minimum absolute atomic E-state index is 0.114. The third-order valence-electron chi connectivity index (χ3n) is 5.63. The highest BCUT2D eigenvalue weighted by molar-refractivity contribution is 6.03. The van der Waals surface area contributed by atoms with Crippen LogP contribution >= 0.6 is 0 Å². The predicted octanol–water partition coefficient (Wildman–Crippen LogP) is 4.08. The number of ether oxygens (including phenoxy) is 1. The van der Waals surface area contributed by atoms with E-state index in [0.29, 0.717) is 16.6 Å². The molecule has 158 valence electrons. The number of aromatic nitrogens is 3. The molecule has 29 heavy (non-hydrogen) atoms. The minimum Gasteiger partial charge on any atom is -0.452 e. The minimum atomic E-state index is -0.499. The average Bonchev–Trinajstić information content (AvgIpc) is 3.15. The van der Waals surface area contributed by atoms with Gasteiger partial charge in [0.2, 0.25) is 0 Å². The maximum Gasteiger partial charge on any atom is 0.339 e. The van der Waals surface area contributed by atoms with Crippen LogP contribution in [0.1, 0.15) is 88.3 Å². The Balaban J connectivity index is 1.82. The third kappa shape index (κ3) is 4.43. The van der Waals surface area contributed by atoms with Crippen molar-refractivity contribution in [1.29, 1.82) is 0 Å². The molecule has 0 saturated carbocycles. The first kappa shape index (κ1) is 21.3. The van der Waals surface area contributed by atoms with E-state index in [-0.39, 0.29) is 30.5 Å². The second kappa shape index (κ2) is 8.93. The molecule has 1 amide bonds. The first-order valence-electron chi connectivity index (χ1n) is 10.7. The molecule has 7 heteroatoms. The number of carbonyl (C=O) groups is 2. The number of carbonyl (C=O) groups excluding carboxylic acids is 2. The van der Waals surface area contributed by atoms with Gasteiger partial charge >= 0.3 is 5.97 Å². The Hall–Kier alpha value is -2.44. The van der Waals surface area contributed by atoms with Gasteiger partial charge in [-0.3, -0.25) is 4.79 Å². The topological polar surface area (TPSA) is 77.3 Å². The Morgan fingerprint density at radius 1 is 1.24 bits per heavy atom. The smallest absolute Gasteiger partial charge is 0.339 e. The van der Waals surface area contributed by atoms with E-state index in [1.807, 2.05) is 37.3 Å². The summed E-state index contributed by atoms with van der Waals surface area (Å²) in [5.41, 5.74) is 1.90. The lowest BCUT2D eigenvalue weighted by Crippen LogP contribution is -2.45. The maximum absolute atomic E-state index is 12.9. The second-order valence-corrected chi connectivity index (χ2v) is 8.39. The number of rotatable bonds is 6. The van der Waals surface area contributed by atoms with Crippen LogP contribution in [0.4, 0.5) is 0 Å². The molecule has 3 rings (SSSR count). The summed E-state index contributed by atoms with van der Waals surface area (Å²) in [6.45, 7) is 10.7. The fourth-order valence-electron chi connectivity index (χ4n) is 3.92. The molecule has 1 saturated heterocycles. The number of amides is 1. The highest BCUT2D eigenvalue weighted by Crippen LogP contribution is 2.25. The van der Waals surface area contributed by atoms with Gasteiger partial charge in [-0.15, -0.1) is 0 Å². The summed E-state index contributed by atoms with van der Waals surface area (Å²) in [4.78, 5) is 32.1. The van der Waals surface area contributed by atoms with Gasteiger partial charge in [0, 0.05) is 24.3 Å². The third-order valence-corrected chi connectivity index (χ3v) is 5.63. The molecule has 1 aliphatic rings. The van der Waals surface area contributed by atoms with E-state index in [1.54, 1.807) is 12.3 Å². The van der Waals surface area contributed by atoms with Gasteiger partial charge in [0.15, 0.2) is 12.3 Å². The maximum atomic E-state index is 12.9. The number of likely N-dealkylation sites (tertiary alicyclic amines) is 1. The zero-order valence-corrected chi connectivity index (χ0v) is 18.1. The first-order chi connectivity index (χ1) is 13.8. The molecule has 1 aliphatic heterocycles.